The number of hydrogen-bond donors (Lipinski definition) is 1. The molecular formula is C26H26BrNO6S. The van der Waals surface area contributed by atoms with Gasteiger partial charge in [0, 0.05) is 10.9 Å². The van der Waals surface area contributed by atoms with Crippen molar-refractivity contribution in [2.24, 2.45) is 4.99 Å². The van der Waals surface area contributed by atoms with E-state index in [2.05, 4.69) is 20.9 Å². The Morgan fingerprint density at radius 2 is 1.86 bits per heavy atom. The van der Waals surface area contributed by atoms with Crippen LogP contribution in [0.1, 0.15) is 37.0 Å². The summed E-state index contributed by atoms with van der Waals surface area (Å²) in [5.74, 6) is -0.383. The fourth-order valence-corrected chi connectivity index (χ4v) is 4.56. The number of methoxy groups -OCH3 is 1. The number of ether oxygens (including phenoxy) is 3. The average molecular weight is 560 g/mol. The molecule has 2 aromatic carbocycles. The summed E-state index contributed by atoms with van der Waals surface area (Å²) in [6.07, 6.45) is 1.85. The molecule has 35 heavy (non-hydrogen) atoms. The van der Waals surface area contributed by atoms with Crippen LogP contribution in [0.15, 0.2) is 62.1 Å². The van der Waals surface area contributed by atoms with Gasteiger partial charge in [0.2, 0.25) is 5.91 Å². The van der Waals surface area contributed by atoms with Crippen molar-refractivity contribution in [3.63, 3.8) is 0 Å². The van der Waals surface area contributed by atoms with Gasteiger partial charge in [-0.15, -0.1) is 0 Å². The van der Waals surface area contributed by atoms with Gasteiger partial charge in [-0.2, -0.15) is 0 Å². The van der Waals surface area contributed by atoms with Crippen molar-refractivity contribution >= 4 is 50.7 Å². The molecule has 0 atom stereocenters. The number of carbonyl (C=O) groups is 2. The molecule has 1 aliphatic heterocycles. The maximum absolute atomic E-state index is 12.4. The number of esters is 1. The van der Waals surface area contributed by atoms with Crippen molar-refractivity contribution in [1.29, 1.82) is 0 Å². The molecule has 0 saturated heterocycles. The lowest BCUT2D eigenvalue weighted by Gasteiger charge is -2.13. The molecule has 2 aromatic rings. The van der Waals surface area contributed by atoms with Gasteiger partial charge < -0.3 is 19.3 Å². The Balaban J connectivity index is 1.93. The smallest absolute Gasteiger partial charge is 0.344 e. The van der Waals surface area contributed by atoms with Gasteiger partial charge in [0.15, 0.2) is 11.5 Å². The SMILES string of the molecule is CCOC(=O)C1=C(O)/C(=C/c2cc(OC)c(OCc3ccc(C)cc3)cc2Br)SC1=NC(=O)CC. The molecule has 1 N–H and O–H groups in total. The molecule has 3 rings (SSSR count). The van der Waals surface area contributed by atoms with E-state index in [9.17, 15) is 14.7 Å². The van der Waals surface area contributed by atoms with Crippen LogP contribution in [-0.4, -0.2) is 35.7 Å². The van der Waals surface area contributed by atoms with Gasteiger partial charge in [0.05, 0.1) is 18.6 Å². The highest BCUT2D eigenvalue weighted by molar-refractivity contribution is 9.10. The zero-order chi connectivity index (χ0) is 25.5. The first-order valence-corrected chi connectivity index (χ1v) is 12.6. The van der Waals surface area contributed by atoms with Crippen LogP contribution in [0, 0.1) is 6.92 Å². The van der Waals surface area contributed by atoms with Crippen LogP contribution in [0.3, 0.4) is 0 Å². The molecule has 7 nitrogen and oxygen atoms in total. The molecule has 0 fully saturated rings. The molecule has 0 unspecified atom stereocenters. The fourth-order valence-electron chi connectivity index (χ4n) is 3.10. The second-order valence-corrected chi connectivity index (χ2v) is 9.40. The number of nitrogens with zero attached hydrogens (tertiary/aromatic N) is 1. The van der Waals surface area contributed by atoms with Crippen LogP contribution in [0.4, 0.5) is 0 Å². The molecule has 0 aromatic heterocycles. The topological polar surface area (TPSA) is 94.4 Å². The zero-order valence-corrected chi connectivity index (χ0v) is 22.3. The van der Waals surface area contributed by atoms with Crippen molar-refractivity contribution in [3.8, 4) is 11.5 Å². The highest BCUT2D eigenvalue weighted by Gasteiger charge is 2.33. The molecule has 1 aliphatic rings. The monoisotopic (exact) mass is 559 g/mol. The third-order valence-corrected chi connectivity index (χ3v) is 6.69. The van der Waals surface area contributed by atoms with Gasteiger partial charge in [-0.05, 0) is 43.2 Å². The van der Waals surface area contributed by atoms with Crippen molar-refractivity contribution in [3.05, 3.63) is 73.8 Å². The maximum Gasteiger partial charge on any atom is 0.344 e. The number of carbonyl (C=O) groups excluding carboxylic acids is 2. The first-order chi connectivity index (χ1) is 16.8. The van der Waals surface area contributed by atoms with E-state index in [-0.39, 0.29) is 29.4 Å². The van der Waals surface area contributed by atoms with E-state index < -0.39 is 11.9 Å². The van der Waals surface area contributed by atoms with Crippen molar-refractivity contribution < 1.29 is 28.9 Å². The second-order valence-electron chi connectivity index (χ2n) is 7.52. The van der Waals surface area contributed by atoms with Gasteiger partial charge >= 0.3 is 5.97 Å². The minimum absolute atomic E-state index is 0.111. The lowest BCUT2D eigenvalue weighted by atomic mass is 10.1. The summed E-state index contributed by atoms with van der Waals surface area (Å²) in [5, 5.41) is 10.9. The van der Waals surface area contributed by atoms with E-state index >= 15 is 0 Å². The summed E-state index contributed by atoms with van der Waals surface area (Å²) < 4.78 is 17.2. The van der Waals surface area contributed by atoms with E-state index in [0.29, 0.717) is 33.0 Å². The molecule has 0 saturated carbocycles. The van der Waals surface area contributed by atoms with Crippen LogP contribution in [0.25, 0.3) is 6.08 Å². The molecule has 0 spiro atoms. The normalized spacial score (nSPS) is 15.6. The highest BCUT2D eigenvalue weighted by atomic mass is 79.9. The quantitative estimate of drug-likeness (QED) is 0.388. The third kappa shape index (κ3) is 6.55. The van der Waals surface area contributed by atoms with Gasteiger partial charge in [-0.3, -0.25) is 4.79 Å². The van der Waals surface area contributed by atoms with E-state index in [1.165, 1.54) is 5.56 Å². The molecule has 1 heterocycles. The summed E-state index contributed by atoms with van der Waals surface area (Å²) >= 11 is 4.57. The standard InChI is InChI=1S/C26H26BrNO6S/c1-5-22(29)28-25-23(26(31)33-6-2)24(30)21(35-25)12-17-11-19(32-4)20(13-18(17)27)34-14-16-9-7-15(3)8-10-16/h7-13,30H,5-6,14H2,1-4H3/b21-12-,28-25?. The Hall–Kier alpha value is -3.04. The lowest BCUT2D eigenvalue weighted by molar-refractivity contribution is -0.138. The number of thioether (sulfide) groups is 1. The number of benzene rings is 2. The third-order valence-electron chi connectivity index (χ3n) is 4.98. The number of hydrogen-bond acceptors (Lipinski definition) is 7. The number of halogens is 1. The predicted molar refractivity (Wildman–Crippen MR) is 141 cm³/mol. The van der Waals surface area contributed by atoms with Crippen molar-refractivity contribution in [2.45, 2.75) is 33.8 Å². The Bertz CT molecular complexity index is 1220. The minimum atomic E-state index is -0.736. The van der Waals surface area contributed by atoms with Gasteiger partial charge in [-0.25, -0.2) is 9.79 Å². The molecular weight excluding hydrogens is 534 g/mol. The predicted octanol–water partition coefficient (Wildman–Crippen LogP) is 6.14. The molecule has 1 amide bonds. The highest BCUT2D eigenvalue weighted by Crippen LogP contribution is 2.42. The lowest BCUT2D eigenvalue weighted by Crippen LogP contribution is -2.14. The average Bonchev–Trinajstić information content (AvgIpc) is 3.14. The molecule has 0 aliphatic carbocycles. The van der Waals surface area contributed by atoms with Crippen LogP contribution < -0.4 is 9.47 Å². The number of rotatable bonds is 8. The Morgan fingerprint density at radius 1 is 1.14 bits per heavy atom. The summed E-state index contributed by atoms with van der Waals surface area (Å²) in [6, 6.07) is 11.6. The summed E-state index contributed by atoms with van der Waals surface area (Å²) in [4.78, 5) is 28.7. The van der Waals surface area contributed by atoms with Crippen LogP contribution >= 0.6 is 27.7 Å². The van der Waals surface area contributed by atoms with E-state index in [0.717, 1.165) is 17.3 Å². The largest absolute Gasteiger partial charge is 0.506 e. The molecule has 0 bridgehead atoms. The minimum Gasteiger partial charge on any atom is -0.506 e. The van der Waals surface area contributed by atoms with E-state index in [1.807, 2.05) is 31.2 Å². The maximum atomic E-state index is 12.4. The number of aliphatic hydroxyl groups excluding tert-OH is 1. The number of amides is 1. The molecule has 0 radical (unpaired) electrons. The van der Waals surface area contributed by atoms with Crippen LogP contribution in [0.5, 0.6) is 11.5 Å². The Kier molecular flexibility index (Phi) is 9.17. The van der Waals surface area contributed by atoms with Gasteiger partial charge in [-0.1, -0.05) is 64.4 Å². The van der Waals surface area contributed by atoms with Gasteiger partial charge in [0.1, 0.15) is 23.0 Å². The van der Waals surface area contributed by atoms with Crippen LogP contribution in [0.2, 0.25) is 0 Å². The van der Waals surface area contributed by atoms with Crippen LogP contribution in [-0.2, 0) is 20.9 Å². The first kappa shape index (κ1) is 26.6. The molecule has 9 heteroatoms. The Morgan fingerprint density at radius 3 is 2.49 bits per heavy atom. The summed E-state index contributed by atoms with van der Waals surface area (Å²) in [6.45, 7) is 5.86. The fraction of sp³-hybridized carbons (Fsp3) is 0.269. The number of aliphatic hydroxyl groups is 1. The summed E-state index contributed by atoms with van der Waals surface area (Å²) in [7, 11) is 1.54. The van der Waals surface area contributed by atoms with Crippen molar-refractivity contribution in [1.82, 2.24) is 0 Å². The zero-order valence-electron chi connectivity index (χ0n) is 19.9. The number of aliphatic imine (C=N–C) groups is 1. The second kappa shape index (κ2) is 12.1. The summed E-state index contributed by atoms with van der Waals surface area (Å²) in [5.41, 5.74) is 2.75. The molecule has 184 valence electrons. The Labute approximate surface area is 217 Å². The van der Waals surface area contributed by atoms with Gasteiger partial charge in [0.25, 0.3) is 0 Å². The first-order valence-electron chi connectivity index (χ1n) is 10.9. The van der Waals surface area contributed by atoms with Crippen molar-refractivity contribution in [2.75, 3.05) is 13.7 Å². The van der Waals surface area contributed by atoms with E-state index in [4.69, 9.17) is 14.2 Å². The number of aryl methyl sites for hydroxylation is 1. The van der Waals surface area contributed by atoms with E-state index in [1.54, 1.807) is 39.2 Å².